The molecule has 29 heavy (non-hydrogen) atoms. The number of hydrogen-bond acceptors (Lipinski definition) is 7. The molecule has 0 fully saturated rings. The number of rotatable bonds is 10. The first-order valence-corrected chi connectivity index (χ1v) is 8.82. The van der Waals surface area contributed by atoms with Crippen LogP contribution in [0.2, 0.25) is 0 Å². The third-order valence-electron chi connectivity index (χ3n) is 3.95. The van der Waals surface area contributed by atoms with Crippen LogP contribution in [0, 0.1) is 15.9 Å². The van der Waals surface area contributed by atoms with Gasteiger partial charge in [-0.05, 0) is 37.6 Å². The van der Waals surface area contributed by atoms with Crippen molar-refractivity contribution in [3.8, 4) is 11.5 Å². The van der Waals surface area contributed by atoms with E-state index in [1.54, 1.807) is 6.92 Å². The van der Waals surface area contributed by atoms with E-state index in [4.69, 9.17) is 14.2 Å². The largest absolute Gasteiger partial charge is 0.493 e. The molecule has 2 aromatic rings. The van der Waals surface area contributed by atoms with Gasteiger partial charge in [-0.1, -0.05) is 0 Å². The van der Waals surface area contributed by atoms with Crippen LogP contribution in [0.4, 0.5) is 10.1 Å². The molecule has 0 amide bonds. The second kappa shape index (κ2) is 10.2. The second-order valence-electron chi connectivity index (χ2n) is 5.88. The Hall–Kier alpha value is -3.49. The predicted molar refractivity (Wildman–Crippen MR) is 101 cm³/mol. The SMILES string of the molecule is CCOc1cc([N+](=O)[O-])c(C(=O)OCCCC(=O)c2ccc(F)cc2)cc1OC. The summed E-state index contributed by atoms with van der Waals surface area (Å²) in [5.41, 5.74) is -0.397. The van der Waals surface area contributed by atoms with Gasteiger partial charge in [-0.3, -0.25) is 14.9 Å². The Morgan fingerprint density at radius 3 is 2.41 bits per heavy atom. The molecule has 2 rings (SSSR count). The fourth-order valence-electron chi connectivity index (χ4n) is 2.55. The number of ether oxygens (including phenoxy) is 3. The molecule has 0 saturated heterocycles. The molecule has 2 aromatic carbocycles. The first-order valence-electron chi connectivity index (χ1n) is 8.82. The fourth-order valence-corrected chi connectivity index (χ4v) is 2.55. The highest BCUT2D eigenvalue weighted by molar-refractivity contribution is 5.96. The normalized spacial score (nSPS) is 10.3. The van der Waals surface area contributed by atoms with Crippen LogP contribution < -0.4 is 9.47 Å². The summed E-state index contributed by atoms with van der Waals surface area (Å²) in [7, 11) is 1.35. The number of halogens is 1. The molecule has 0 aliphatic carbocycles. The Bertz CT molecular complexity index is 896. The van der Waals surface area contributed by atoms with E-state index in [9.17, 15) is 24.1 Å². The molecule has 154 valence electrons. The van der Waals surface area contributed by atoms with Crippen molar-refractivity contribution in [1.29, 1.82) is 0 Å². The highest BCUT2D eigenvalue weighted by Gasteiger charge is 2.25. The van der Waals surface area contributed by atoms with Crippen LogP contribution in [0.5, 0.6) is 11.5 Å². The molecule has 0 bridgehead atoms. The minimum absolute atomic E-state index is 0.0770. The number of hydrogen-bond donors (Lipinski definition) is 0. The number of ketones is 1. The number of nitrogens with zero attached hydrogens (tertiary/aromatic N) is 1. The average molecular weight is 405 g/mol. The quantitative estimate of drug-likeness (QED) is 0.194. The van der Waals surface area contributed by atoms with Crippen LogP contribution in [0.15, 0.2) is 36.4 Å². The average Bonchev–Trinajstić information content (AvgIpc) is 2.71. The maximum Gasteiger partial charge on any atom is 0.345 e. The molecule has 0 aliphatic heterocycles. The maximum atomic E-state index is 12.9. The summed E-state index contributed by atoms with van der Waals surface area (Å²) < 4.78 is 28.4. The number of methoxy groups -OCH3 is 1. The van der Waals surface area contributed by atoms with Gasteiger partial charge in [-0.25, -0.2) is 9.18 Å². The second-order valence-corrected chi connectivity index (χ2v) is 5.88. The van der Waals surface area contributed by atoms with Gasteiger partial charge in [0.25, 0.3) is 5.69 Å². The summed E-state index contributed by atoms with van der Waals surface area (Å²) in [6.07, 6.45) is 0.289. The summed E-state index contributed by atoms with van der Waals surface area (Å²) in [6, 6.07) is 7.42. The zero-order valence-corrected chi connectivity index (χ0v) is 16.0. The number of carbonyl (C=O) groups excluding carboxylic acids is 2. The van der Waals surface area contributed by atoms with Crippen molar-refractivity contribution in [1.82, 2.24) is 0 Å². The number of benzene rings is 2. The molecule has 0 atom stereocenters. The molecule has 0 heterocycles. The van der Waals surface area contributed by atoms with Gasteiger partial charge in [-0.2, -0.15) is 0 Å². The summed E-state index contributed by atoms with van der Waals surface area (Å²) in [4.78, 5) is 34.9. The molecule has 0 radical (unpaired) electrons. The van der Waals surface area contributed by atoms with Crippen molar-refractivity contribution < 1.29 is 33.1 Å². The summed E-state index contributed by atoms with van der Waals surface area (Å²) in [5, 5.41) is 11.3. The lowest BCUT2D eigenvalue weighted by atomic mass is 10.1. The van der Waals surface area contributed by atoms with Gasteiger partial charge in [-0.15, -0.1) is 0 Å². The van der Waals surface area contributed by atoms with E-state index in [2.05, 4.69) is 0 Å². The Morgan fingerprint density at radius 1 is 1.14 bits per heavy atom. The smallest absolute Gasteiger partial charge is 0.345 e. The summed E-state index contributed by atoms with van der Waals surface area (Å²) in [6.45, 7) is 1.86. The van der Waals surface area contributed by atoms with E-state index < -0.39 is 22.4 Å². The summed E-state index contributed by atoms with van der Waals surface area (Å²) in [5.74, 6) is -1.27. The standard InChI is InChI=1S/C20H20FNO7/c1-3-28-19-12-16(22(25)26)15(11-18(19)27-2)20(24)29-10-4-5-17(23)13-6-8-14(21)9-7-13/h6-9,11-12H,3-5,10H2,1-2H3. The zero-order valence-electron chi connectivity index (χ0n) is 16.0. The third kappa shape index (κ3) is 5.74. The van der Waals surface area contributed by atoms with Crippen LogP contribution in [0.25, 0.3) is 0 Å². The van der Waals surface area contributed by atoms with E-state index in [1.807, 2.05) is 0 Å². The van der Waals surface area contributed by atoms with Gasteiger partial charge in [0.1, 0.15) is 11.4 Å². The van der Waals surface area contributed by atoms with Crippen molar-refractivity contribution in [2.24, 2.45) is 0 Å². The van der Waals surface area contributed by atoms with Crippen LogP contribution in [0.3, 0.4) is 0 Å². The molecular weight excluding hydrogens is 385 g/mol. The molecule has 0 spiro atoms. The number of carbonyl (C=O) groups is 2. The lowest BCUT2D eigenvalue weighted by molar-refractivity contribution is -0.385. The molecule has 0 aromatic heterocycles. The fraction of sp³-hybridized carbons (Fsp3) is 0.300. The van der Waals surface area contributed by atoms with Crippen molar-refractivity contribution in [2.75, 3.05) is 20.3 Å². The number of nitro benzene ring substituents is 1. The first kappa shape index (κ1) is 21.8. The monoisotopic (exact) mass is 405 g/mol. The van der Waals surface area contributed by atoms with Crippen molar-refractivity contribution in [3.05, 3.63) is 63.5 Å². The molecule has 0 N–H and O–H groups in total. The van der Waals surface area contributed by atoms with E-state index in [0.717, 1.165) is 6.07 Å². The topological polar surface area (TPSA) is 105 Å². The van der Waals surface area contributed by atoms with E-state index in [1.165, 1.54) is 37.4 Å². The zero-order chi connectivity index (χ0) is 21.4. The minimum atomic E-state index is -0.910. The lowest BCUT2D eigenvalue weighted by Crippen LogP contribution is -2.11. The van der Waals surface area contributed by atoms with Gasteiger partial charge in [0, 0.05) is 18.1 Å². The molecule has 0 unspecified atom stereocenters. The highest BCUT2D eigenvalue weighted by atomic mass is 19.1. The van der Waals surface area contributed by atoms with E-state index in [0.29, 0.717) is 5.56 Å². The Balaban J connectivity index is 2.01. The number of nitro groups is 1. The highest BCUT2D eigenvalue weighted by Crippen LogP contribution is 2.35. The number of esters is 1. The lowest BCUT2D eigenvalue weighted by Gasteiger charge is -2.11. The van der Waals surface area contributed by atoms with Crippen molar-refractivity contribution in [2.45, 2.75) is 19.8 Å². The van der Waals surface area contributed by atoms with Gasteiger partial charge < -0.3 is 14.2 Å². The van der Waals surface area contributed by atoms with Crippen LogP contribution >= 0.6 is 0 Å². The van der Waals surface area contributed by atoms with Gasteiger partial charge >= 0.3 is 5.97 Å². The van der Waals surface area contributed by atoms with E-state index in [-0.39, 0.29) is 48.9 Å². The Labute approximate surface area is 166 Å². The Morgan fingerprint density at radius 2 is 1.83 bits per heavy atom. The van der Waals surface area contributed by atoms with Crippen LogP contribution in [0.1, 0.15) is 40.5 Å². The van der Waals surface area contributed by atoms with Gasteiger partial charge in [0.2, 0.25) is 0 Å². The minimum Gasteiger partial charge on any atom is -0.493 e. The first-order chi connectivity index (χ1) is 13.9. The molecule has 9 heteroatoms. The molecule has 0 aliphatic rings. The molecular formula is C20H20FNO7. The Kier molecular flexibility index (Phi) is 7.64. The number of Topliss-reactive ketones (excluding diaryl/α,β-unsaturated/α-hetero) is 1. The van der Waals surface area contributed by atoms with Gasteiger partial charge in [0.05, 0.1) is 31.3 Å². The van der Waals surface area contributed by atoms with E-state index >= 15 is 0 Å². The molecule has 0 saturated carbocycles. The molecule has 8 nitrogen and oxygen atoms in total. The van der Waals surface area contributed by atoms with Crippen LogP contribution in [-0.4, -0.2) is 37.0 Å². The third-order valence-corrected chi connectivity index (χ3v) is 3.95. The summed E-state index contributed by atoms with van der Waals surface area (Å²) >= 11 is 0. The maximum absolute atomic E-state index is 12.9. The van der Waals surface area contributed by atoms with Crippen LogP contribution in [-0.2, 0) is 4.74 Å². The van der Waals surface area contributed by atoms with Gasteiger partial charge in [0.15, 0.2) is 17.3 Å². The predicted octanol–water partition coefficient (Wildman–Crippen LogP) is 3.96. The van der Waals surface area contributed by atoms with Crippen molar-refractivity contribution in [3.63, 3.8) is 0 Å². The van der Waals surface area contributed by atoms with Crippen molar-refractivity contribution >= 4 is 17.4 Å².